The molecule has 2 heteroatoms. The third-order valence-electron chi connectivity index (χ3n) is 4.24. The molecule has 1 heterocycles. The van der Waals surface area contributed by atoms with Gasteiger partial charge in [0.15, 0.2) is 0 Å². The first-order chi connectivity index (χ1) is 8.86. The van der Waals surface area contributed by atoms with Crippen molar-refractivity contribution in [2.75, 3.05) is 5.32 Å². The zero-order valence-electron chi connectivity index (χ0n) is 11.0. The summed E-state index contributed by atoms with van der Waals surface area (Å²) in [6, 6.07) is 9.67. The van der Waals surface area contributed by atoms with Gasteiger partial charge in [0, 0.05) is 16.4 Å². The lowest BCUT2D eigenvalue weighted by atomic mass is 9.83. The summed E-state index contributed by atoms with van der Waals surface area (Å²) in [6.07, 6.45) is 6.84. The van der Waals surface area contributed by atoms with E-state index in [1.165, 1.54) is 47.9 Å². The molecule has 1 nitrogen and oxygen atoms in total. The van der Waals surface area contributed by atoms with Gasteiger partial charge in [-0.2, -0.15) is 0 Å². The molecule has 2 atom stereocenters. The van der Waals surface area contributed by atoms with Crippen molar-refractivity contribution in [2.24, 2.45) is 5.92 Å². The largest absolute Gasteiger partial charge is 0.382 e. The molecule has 1 aliphatic rings. The number of hydrogen-bond donors (Lipinski definition) is 1. The van der Waals surface area contributed by atoms with Gasteiger partial charge in [-0.3, -0.25) is 0 Å². The van der Waals surface area contributed by atoms with E-state index in [-0.39, 0.29) is 0 Å². The molecule has 0 amide bonds. The Morgan fingerprint density at radius 1 is 1.22 bits per heavy atom. The van der Waals surface area contributed by atoms with Gasteiger partial charge in [0.2, 0.25) is 0 Å². The van der Waals surface area contributed by atoms with Crippen molar-refractivity contribution in [3.8, 4) is 0 Å². The predicted molar refractivity (Wildman–Crippen MR) is 81.5 cm³/mol. The van der Waals surface area contributed by atoms with Gasteiger partial charge < -0.3 is 5.32 Å². The summed E-state index contributed by atoms with van der Waals surface area (Å²) in [4.78, 5) is 0. The number of thiophene rings is 1. The molecule has 2 aromatic rings. The summed E-state index contributed by atoms with van der Waals surface area (Å²) >= 11 is 1.82. The Balaban J connectivity index is 1.77. The summed E-state index contributed by atoms with van der Waals surface area (Å²) in [5, 5.41) is 7.31. The van der Waals surface area contributed by atoms with Gasteiger partial charge in [-0.15, -0.1) is 11.3 Å². The summed E-state index contributed by atoms with van der Waals surface area (Å²) < 4.78 is 1.39. The first-order valence-corrected chi connectivity index (χ1v) is 7.98. The van der Waals surface area contributed by atoms with Crippen molar-refractivity contribution >= 4 is 27.1 Å². The molecule has 1 N–H and O–H groups in total. The van der Waals surface area contributed by atoms with Crippen LogP contribution in [0.2, 0.25) is 0 Å². The maximum absolute atomic E-state index is 3.77. The van der Waals surface area contributed by atoms with Crippen molar-refractivity contribution in [2.45, 2.75) is 45.1 Å². The van der Waals surface area contributed by atoms with Gasteiger partial charge in [0.1, 0.15) is 0 Å². The van der Waals surface area contributed by atoms with E-state index in [4.69, 9.17) is 0 Å². The summed E-state index contributed by atoms with van der Waals surface area (Å²) in [7, 11) is 0. The number of rotatable bonds is 3. The number of benzene rings is 1. The molecule has 0 spiro atoms. The highest BCUT2D eigenvalue weighted by Gasteiger charge is 2.23. The van der Waals surface area contributed by atoms with Gasteiger partial charge in [-0.25, -0.2) is 0 Å². The molecule has 1 fully saturated rings. The quantitative estimate of drug-likeness (QED) is 0.790. The zero-order valence-corrected chi connectivity index (χ0v) is 11.8. The summed E-state index contributed by atoms with van der Waals surface area (Å²) in [5.41, 5.74) is 1.30. The number of hydrogen-bond acceptors (Lipinski definition) is 2. The minimum absolute atomic E-state index is 0.680. The van der Waals surface area contributed by atoms with Crippen LogP contribution in [0.4, 0.5) is 5.69 Å². The Hall–Kier alpha value is -1.02. The first-order valence-electron chi connectivity index (χ1n) is 7.10. The average Bonchev–Trinajstić information content (AvgIpc) is 2.87. The fourth-order valence-electron chi connectivity index (χ4n) is 3.16. The van der Waals surface area contributed by atoms with Crippen molar-refractivity contribution in [3.05, 3.63) is 29.6 Å². The molecule has 0 aliphatic heterocycles. The molecule has 1 aromatic carbocycles. The number of fused-ring (bicyclic) bond motifs is 1. The van der Waals surface area contributed by atoms with E-state index in [0.29, 0.717) is 6.04 Å². The second-order valence-electron chi connectivity index (χ2n) is 5.38. The molecule has 3 rings (SSSR count). The summed E-state index contributed by atoms with van der Waals surface area (Å²) in [6.45, 7) is 2.33. The second kappa shape index (κ2) is 5.31. The number of nitrogens with one attached hydrogen (secondary N) is 1. The molecule has 96 valence electrons. The molecule has 0 saturated heterocycles. The molecular weight excluding hydrogens is 238 g/mol. The molecule has 0 radical (unpaired) electrons. The Morgan fingerprint density at radius 3 is 3.00 bits per heavy atom. The van der Waals surface area contributed by atoms with E-state index in [9.17, 15) is 0 Å². The lowest BCUT2D eigenvalue weighted by molar-refractivity contribution is 0.317. The molecule has 0 bridgehead atoms. The lowest BCUT2D eigenvalue weighted by Crippen LogP contribution is -2.31. The van der Waals surface area contributed by atoms with E-state index in [2.05, 4.69) is 41.9 Å². The monoisotopic (exact) mass is 259 g/mol. The van der Waals surface area contributed by atoms with E-state index >= 15 is 0 Å². The third kappa shape index (κ3) is 2.39. The van der Waals surface area contributed by atoms with Gasteiger partial charge >= 0.3 is 0 Å². The number of anilines is 1. The van der Waals surface area contributed by atoms with E-state index in [0.717, 1.165) is 5.92 Å². The highest BCUT2D eigenvalue weighted by atomic mass is 32.1. The van der Waals surface area contributed by atoms with Crippen LogP contribution in [-0.4, -0.2) is 6.04 Å². The summed E-state index contributed by atoms with van der Waals surface area (Å²) in [5.74, 6) is 0.858. The van der Waals surface area contributed by atoms with E-state index in [1.807, 2.05) is 11.3 Å². The Bertz CT molecular complexity index is 517. The smallest absolute Gasteiger partial charge is 0.0349 e. The van der Waals surface area contributed by atoms with Gasteiger partial charge in [-0.1, -0.05) is 26.2 Å². The maximum atomic E-state index is 3.77. The third-order valence-corrected chi connectivity index (χ3v) is 5.14. The lowest BCUT2D eigenvalue weighted by Gasteiger charge is -2.32. The van der Waals surface area contributed by atoms with Gasteiger partial charge in [-0.05, 0) is 53.8 Å². The fraction of sp³-hybridized carbons (Fsp3) is 0.500. The Labute approximate surface area is 113 Å². The van der Waals surface area contributed by atoms with Crippen molar-refractivity contribution in [1.29, 1.82) is 0 Å². The molecule has 2 unspecified atom stereocenters. The fourth-order valence-corrected chi connectivity index (χ4v) is 3.93. The molecule has 1 aliphatic carbocycles. The van der Waals surface area contributed by atoms with Crippen LogP contribution in [-0.2, 0) is 0 Å². The second-order valence-corrected chi connectivity index (χ2v) is 6.32. The maximum Gasteiger partial charge on any atom is 0.0349 e. The van der Waals surface area contributed by atoms with Crippen LogP contribution in [0.3, 0.4) is 0 Å². The van der Waals surface area contributed by atoms with Crippen molar-refractivity contribution < 1.29 is 0 Å². The highest BCUT2D eigenvalue weighted by Crippen LogP contribution is 2.31. The van der Waals surface area contributed by atoms with Crippen LogP contribution >= 0.6 is 11.3 Å². The van der Waals surface area contributed by atoms with E-state index < -0.39 is 0 Å². The topological polar surface area (TPSA) is 12.0 Å². The van der Waals surface area contributed by atoms with Crippen LogP contribution in [0.1, 0.15) is 39.0 Å². The molecule has 18 heavy (non-hydrogen) atoms. The van der Waals surface area contributed by atoms with Crippen LogP contribution in [0.25, 0.3) is 10.1 Å². The predicted octanol–water partition coefficient (Wildman–Crippen LogP) is 5.28. The van der Waals surface area contributed by atoms with Gasteiger partial charge in [0.25, 0.3) is 0 Å². The Kier molecular flexibility index (Phi) is 3.55. The SMILES string of the molecule is CCC1CCCCC1Nc1ccc2sccc2c1. The van der Waals surface area contributed by atoms with Gasteiger partial charge in [0.05, 0.1) is 0 Å². The van der Waals surface area contributed by atoms with Crippen LogP contribution in [0, 0.1) is 5.92 Å². The Morgan fingerprint density at radius 2 is 2.11 bits per heavy atom. The average molecular weight is 259 g/mol. The standard InChI is InChI=1S/C16H21NS/c1-2-12-5-3-4-6-15(12)17-14-7-8-16-13(11-14)9-10-18-16/h7-12,15,17H,2-6H2,1H3. The molecule has 1 aromatic heterocycles. The highest BCUT2D eigenvalue weighted by molar-refractivity contribution is 7.17. The molecule has 1 saturated carbocycles. The molecular formula is C16H21NS. The minimum atomic E-state index is 0.680. The first kappa shape index (κ1) is 12.0. The van der Waals surface area contributed by atoms with Crippen LogP contribution < -0.4 is 5.32 Å². The zero-order chi connectivity index (χ0) is 12.4. The normalized spacial score (nSPS) is 24.3. The minimum Gasteiger partial charge on any atom is -0.382 e. The van der Waals surface area contributed by atoms with E-state index in [1.54, 1.807) is 0 Å². The van der Waals surface area contributed by atoms with Crippen molar-refractivity contribution in [1.82, 2.24) is 0 Å². The van der Waals surface area contributed by atoms with Crippen LogP contribution in [0.15, 0.2) is 29.6 Å². The van der Waals surface area contributed by atoms with Crippen LogP contribution in [0.5, 0.6) is 0 Å². The van der Waals surface area contributed by atoms with Crippen molar-refractivity contribution in [3.63, 3.8) is 0 Å².